The van der Waals surface area contributed by atoms with Gasteiger partial charge in [-0.15, -0.1) is 0 Å². The quantitative estimate of drug-likeness (QED) is 0.789. The maximum atomic E-state index is 11.9. The summed E-state index contributed by atoms with van der Waals surface area (Å²) in [4.78, 5) is 0.143. The molecule has 1 heterocycles. The predicted octanol–water partition coefficient (Wildman–Crippen LogP) is 0.859. The van der Waals surface area contributed by atoms with E-state index in [1.807, 2.05) is 0 Å². The number of hydrogen-bond acceptors (Lipinski definition) is 4. The Bertz CT molecular complexity index is 667. The second kappa shape index (κ2) is 3.43. The summed E-state index contributed by atoms with van der Waals surface area (Å²) in [6.07, 6.45) is 2.44. The van der Waals surface area contributed by atoms with Crippen LogP contribution in [0.5, 0.6) is 0 Å². The van der Waals surface area contributed by atoms with Crippen LogP contribution >= 0.6 is 0 Å². The van der Waals surface area contributed by atoms with E-state index in [0.717, 1.165) is 6.26 Å². The summed E-state index contributed by atoms with van der Waals surface area (Å²) in [5, 5.41) is 0. The van der Waals surface area contributed by atoms with Crippen LogP contribution in [0.15, 0.2) is 34.1 Å². The Balaban J connectivity index is 2.56. The molecule has 1 aliphatic rings. The van der Waals surface area contributed by atoms with Gasteiger partial charge in [0.25, 0.3) is 0 Å². The lowest BCUT2D eigenvalue weighted by Gasteiger charge is -2.01. The van der Waals surface area contributed by atoms with E-state index in [0.29, 0.717) is 5.56 Å². The van der Waals surface area contributed by atoms with Crippen molar-refractivity contribution in [2.24, 2.45) is 0 Å². The highest BCUT2D eigenvalue weighted by Gasteiger charge is 2.30. The number of rotatable bonds is 2. The van der Waals surface area contributed by atoms with Crippen LogP contribution in [0.4, 0.5) is 0 Å². The number of hydrogen-bond donors (Lipinski definition) is 0. The Morgan fingerprint density at radius 1 is 1.19 bits per heavy atom. The first-order valence-electron chi connectivity index (χ1n) is 4.53. The van der Waals surface area contributed by atoms with Gasteiger partial charge in [-0.2, -0.15) is 0 Å². The number of benzene rings is 1. The van der Waals surface area contributed by atoms with Crippen LogP contribution in [-0.4, -0.2) is 28.8 Å². The van der Waals surface area contributed by atoms with E-state index >= 15 is 0 Å². The zero-order chi connectivity index (χ0) is 12.0. The smallest absolute Gasteiger partial charge is 0.204 e. The van der Waals surface area contributed by atoms with Gasteiger partial charge in [0.1, 0.15) is 0 Å². The molecule has 0 aromatic heterocycles. The fraction of sp³-hybridized carbons (Fsp3) is 0.200. The Morgan fingerprint density at radius 3 is 2.38 bits per heavy atom. The Kier molecular flexibility index (Phi) is 2.43. The van der Waals surface area contributed by atoms with Gasteiger partial charge in [-0.1, -0.05) is 18.2 Å². The van der Waals surface area contributed by atoms with Crippen molar-refractivity contribution in [3.05, 3.63) is 34.7 Å². The van der Waals surface area contributed by atoms with Crippen LogP contribution in [0, 0.1) is 0 Å². The maximum absolute atomic E-state index is 11.9. The number of fused-ring (bicyclic) bond motifs is 1. The van der Waals surface area contributed by atoms with Crippen molar-refractivity contribution in [1.29, 1.82) is 0 Å². The molecular weight excluding hydrogens is 248 g/mol. The van der Waals surface area contributed by atoms with Crippen LogP contribution in [0.25, 0.3) is 6.08 Å². The molecule has 86 valence electrons. The number of sulfone groups is 2. The van der Waals surface area contributed by atoms with Gasteiger partial charge in [-0.25, -0.2) is 16.8 Å². The predicted molar refractivity (Wildman–Crippen MR) is 61.3 cm³/mol. The minimum Gasteiger partial charge on any atom is -0.229 e. The zero-order valence-corrected chi connectivity index (χ0v) is 10.2. The summed E-state index contributed by atoms with van der Waals surface area (Å²) < 4.78 is 46.1. The molecule has 0 N–H and O–H groups in total. The molecule has 1 aromatic rings. The van der Waals surface area contributed by atoms with E-state index in [1.54, 1.807) is 18.2 Å². The van der Waals surface area contributed by atoms with Crippen molar-refractivity contribution in [3.8, 4) is 0 Å². The van der Waals surface area contributed by atoms with Crippen molar-refractivity contribution in [2.45, 2.75) is 4.90 Å². The van der Waals surface area contributed by atoms with Crippen molar-refractivity contribution in [3.63, 3.8) is 0 Å². The van der Waals surface area contributed by atoms with Crippen molar-refractivity contribution in [2.75, 3.05) is 12.0 Å². The molecule has 0 aliphatic carbocycles. The Hall–Kier alpha value is -1.14. The summed E-state index contributed by atoms with van der Waals surface area (Å²) in [6.45, 7) is 0. The lowest BCUT2D eigenvalue weighted by molar-refractivity contribution is 0.596. The normalized spacial score (nSPS) is 17.9. The van der Waals surface area contributed by atoms with Gasteiger partial charge < -0.3 is 0 Å². The van der Waals surface area contributed by atoms with Crippen LogP contribution in [0.2, 0.25) is 0 Å². The summed E-state index contributed by atoms with van der Waals surface area (Å²) in [5.41, 5.74) is 0.557. The monoisotopic (exact) mass is 258 g/mol. The maximum Gasteiger partial charge on any atom is 0.204 e. The molecule has 1 aromatic carbocycles. The topological polar surface area (TPSA) is 68.3 Å². The van der Waals surface area contributed by atoms with Crippen LogP contribution in [0.3, 0.4) is 0 Å². The minimum atomic E-state index is -3.60. The van der Waals surface area contributed by atoms with Crippen LogP contribution in [-0.2, 0) is 19.7 Å². The average Bonchev–Trinajstić information content (AvgIpc) is 2.37. The summed E-state index contributed by atoms with van der Waals surface area (Å²) in [6, 6.07) is 6.47. The molecule has 0 fully saturated rings. The first kappa shape index (κ1) is 11.3. The molecule has 0 bridgehead atoms. The fourth-order valence-electron chi connectivity index (χ4n) is 1.61. The van der Waals surface area contributed by atoms with Gasteiger partial charge in [-0.3, -0.25) is 0 Å². The Morgan fingerprint density at radius 2 is 1.81 bits per heavy atom. The third-order valence-corrected chi connectivity index (χ3v) is 5.20. The average molecular weight is 258 g/mol. The molecule has 4 nitrogen and oxygen atoms in total. The SMILES string of the molecule is CS(=O)(=O)CC1=Cc2ccccc2S1(=O)=O. The van der Waals surface area contributed by atoms with E-state index < -0.39 is 25.4 Å². The highest BCUT2D eigenvalue weighted by Crippen LogP contribution is 2.32. The highest BCUT2D eigenvalue weighted by atomic mass is 32.2. The minimum absolute atomic E-state index is 0.0452. The molecule has 0 spiro atoms. The summed E-state index contributed by atoms with van der Waals surface area (Å²) >= 11 is 0. The molecule has 16 heavy (non-hydrogen) atoms. The van der Waals surface area contributed by atoms with E-state index in [2.05, 4.69) is 0 Å². The molecule has 0 radical (unpaired) electrons. The standard InChI is InChI=1S/C10H10O4S2/c1-15(11,12)7-9-6-8-4-2-3-5-10(8)16(9,13)14/h2-6H,7H2,1H3. The summed E-state index contributed by atoms with van der Waals surface area (Å²) in [7, 11) is -6.94. The third kappa shape index (κ3) is 1.90. The van der Waals surface area contributed by atoms with Crippen LogP contribution in [0.1, 0.15) is 5.56 Å². The van der Waals surface area contributed by atoms with Gasteiger partial charge in [0.2, 0.25) is 9.84 Å². The van der Waals surface area contributed by atoms with E-state index in [9.17, 15) is 16.8 Å². The first-order chi connectivity index (χ1) is 7.31. The van der Waals surface area contributed by atoms with Gasteiger partial charge in [0.15, 0.2) is 9.84 Å². The molecule has 0 atom stereocenters. The zero-order valence-electron chi connectivity index (χ0n) is 8.54. The van der Waals surface area contributed by atoms with Crippen LogP contribution < -0.4 is 0 Å². The largest absolute Gasteiger partial charge is 0.229 e. The van der Waals surface area contributed by atoms with E-state index in [4.69, 9.17) is 0 Å². The molecule has 0 amide bonds. The Labute approximate surface area is 94.4 Å². The second-order valence-corrected chi connectivity index (χ2v) is 7.83. The van der Waals surface area contributed by atoms with Gasteiger partial charge in [0, 0.05) is 6.26 Å². The second-order valence-electron chi connectivity index (χ2n) is 3.72. The molecule has 2 rings (SSSR count). The van der Waals surface area contributed by atoms with E-state index in [-0.39, 0.29) is 9.80 Å². The molecule has 6 heteroatoms. The van der Waals surface area contributed by atoms with Crippen molar-refractivity contribution >= 4 is 25.8 Å². The lowest BCUT2D eigenvalue weighted by Crippen LogP contribution is -2.11. The van der Waals surface area contributed by atoms with Gasteiger partial charge >= 0.3 is 0 Å². The third-order valence-electron chi connectivity index (χ3n) is 2.27. The highest BCUT2D eigenvalue weighted by molar-refractivity contribution is 7.98. The van der Waals surface area contributed by atoms with Gasteiger partial charge in [0.05, 0.1) is 15.6 Å². The molecule has 0 saturated heterocycles. The lowest BCUT2D eigenvalue weighted by atomic mass is 10.2. The molecule has 0 saturated carbocycles. The van der Waals surface area contributed by atoms with Gasteiger partial charge in [-0.05, 0) is 17.7 Å². The molecule has 0 unspecified atom stereocenters. The first-order valence-corrected chi connectivity index (χ1v) is 8.07. The van der Waals surface area contributed by atoms with Crippen molar-refractivity contribution in [1.82, 2.24) is 0 Å². The molecule has 1 aliphatic heterocycles. The molecular formula is C10H10O4S2. The fourth-order valence-corrected chi connectivity index (χ4v) is 4.74. The summed E-state index contributed by atoms with van der Waals surface area (Å²) in [5.74, 6) is -0.440. The van der Waals surface area contributed by atoms with Crippen molar-refractivity contribution < 1.29 is 16.8 Å². The van der Waals surface area contributed by atoms with E-state index in [1.165, 1.54) is 12.1 Å².